The molecule has 0 aliphatic carbocycles. The van der Waals surface area contributed by atoms with Crippen LogP contribution in [0.1, 0.15) is 21.6 Å². The van der Waals surface area contributed by atoms with Gasteiger partial charge < -0.3 is 19.9 Å². The van der Waals surface area contributed by atoms with E-state index in [1.165, 1.54) is 19.2 Å². The third kappa shape index (κ3) is 8.10. The zero-order valence-corrected chi connectivity index (χ0v) is 19.5. The van der Waals surface area contributed by atoms with Crippen LogP contribution in [-0.2, 0) is 41.4 Å². The number of carbonyl (C=O) groups excluding carboxylic acids is 4. The molecular weight excluding hydrogens is 540 g/mol. The SMILES string of the molecule is COC(=O)c1ccc(CC(OC(=O)COC(=O)Cc2cc(Br)cc(Br)n2)C(N)=O)cc1. The molecule has 2 aromatic rings. The lowest BCUT2D eigenvalue weighted by atomic mass is 10.1. The Labute approximate surface area is 194 Å². The highest BCUT2D eigenvalue weighted by atomic mass is 79.9. The van der Waals surface area contributed by atoms with E-state index in [-0.39, 0.29) is 12.8 Å². The fourth-order valence-corrected chi connectivity index (χ4v) is 3.71. The smallest absolute Gasteiger partial charge is 0.345 e. The second kappa shape index (κ2) is 11.6. The van der Waals surface area contributed by atoms with Gasteiger partial charge in [0.2, 0.25) is 0 Å². The van der Waals surface area contributed by atoms with Crippen LogP contribution in [0.25, 0.3) is 0 Å². The van der Waals surface area contributed by atoms with Crippen LogP contribution in [0.3, 0.4) is 0 Å². The number of primary amides is 1. The molecule has 1 heterocycles. The van der Waals surface area contributed by atoms with Gasteiger partial charge in [0.25, 0.3) is 5.91 Å². The molecule has 1 amide bonds. The predicted molar refractivity (Wildman–Crippen MR) is 115 cm³/mol. The van der Waals surface area contributed by atoms with E-state index in [1.54, 1.807) is 24.3 Å². The van der Waals surface area contributed by atoms with Crippen LogP contribution < -0.4 is 5.73 Å². The number of esters is 3. The van der Waals surface area contributed by atoms with Crippen molar-refractivity contribution in [3.63, 3.8) is 0 Å². The summed E-state index contributed by atoms with van der Waals surface area (Å²) in [5.74, 6) is -2.98. The summed E-state index contributed by atoms with van der Waals surface area (Å²) in [4.78, 5) is 51.2. The van der Waals surface area contributed by atoms with Gasteiger partial charge in [-0.1, -0.05) is 28.1 Å². The Balaban J connectivity index is 1.88. The maximum Gasteiger partial charge on any atom is 0.345 e. The molecule has 1 aromatic heterocycles. The lowest BCUT2D eigenvalue weighted by Gasteiger charge is -2.15. The van der Waals surface area contributed by atoms with Crippen molar-refractivity contribution < 1.29 is 33.4 Å². The monoisotopic (exact) mass is 556 g/mol. The lowest BCUT2D eigenvalue weighted by Crippen LogP contribution is -2.36. The van der Waals surface area contributed by atoms with E-state index < -0.39 is 36.5 Å². The van der Waals surface area contributed by atoms with Crippen LogP contribution in [0.5, 0.6) is 0 Å². The van der Waals surface area contributed by atoms with E-state index in [1.807, 2.05) is 0 Å². The van der Waals surface area contributed by atoms with Gasteiger partial charge in [0.1, 0.15) is 4.60 Å². The molecule has 0 aliphatic heterocycles. The molecule has 1 atom stereocenters. The number of nitrogens with zero attached hydrogens (tertiary/aromatic N) is 1. The molecular formula is C20H18Br2N2O7. The van der Waals surface area contributed by atoms with Crippen molar-refractivity contribution in [3.8, 4) is 0 Å². The summed E-state index contributed by atoms with van der Waals surface area (Å²) in [6.45, 7) is -0.681. The van der Waals surface area contributed by atoms with Crippen LogP contribution in [0, 0.1) is 0 Å². The van der Waals surface area contributed by atoms with E-state index in [0.717, 1.165) is 4.47 Å². The molecule has 2 rings (SSSR count). The summed E-state index contributed by atoms with van der Waals surface area (Å²) >= 11 is 6.50. The minimum Gasteiger partial charge on any atom is -0.465 e. The fourth-order valence-electron chi connectivity index (χ4n) is 2.45. The van der Waals surface area contributed by atoms with Crippen LogP contribution >= 0.6 is 31.9 Å². The van der Waals surface area contributed by atoms with E-state index in [9.17, 15) is 19.2 Å². The Morgan fingerprint density at radius 1 is 1.06 bits per heavy atom. The number of hydrogen-bond acceptors (Lipinski definition) is 8. The third-order valence-electron chi connectivity index (χ3n) is 3.88. The average molecular weight is 558 g/mol. The van der Waals surface area contributed by atoms with Crippen molar-refractivity contribution in [2.75, 3.05) is 13.7 Å². The van der Waals surface area contributed by atoms with Crippen LogP contribution in [0.2, 0.25) is 0 Å². The van der Waals surface area contributed by atoms with Gasteiger partial charge >= 0.3 is 17.9 Å². The second-order valence-corrected chi connectivity index (χ2v) is 7.94. The van der Waals surface area contributed by atoms with Gasteiger partial charge in [-0.3, -0.25) is 9.59 Å². The molecule has 31 heavy (non-hydrogen) atoms. The summed E-state index contributed by atoms with van der Waals surface area (Å²) in [7, 11) is 1.26. The highest BCUT2D eigenvalue weighted by Gasteiger charge is 2.22. The van der Waals surface area contributed by atoms with E-state index in [0.29, 0.717) is 21.4 Å². The molecule has 11 heteroatoms. The maximum absolute atomic E-state index is 12.0. The summed E-state index contributed by atoms with van der Waals surface area (Å²) in [5.41, 5.74) is 6.67. The number of nitrogens with two attached hydrogens (primary N) is 1. The molecule has 164 valence electrons. The van der Waals surface area contributed by atoms with Crippen molar-refractivity contribution in [3.05, 3.63) is 62.3 Å². The van der Waals surface area contributed by atoms with Gasteiger partial charge in [0.05, 0.1) is 24.8 Å². The van der Waals surface area contributed by atoms with Gasteiger partial charge in [0.15, 0.2) is 12.7 Å². The van der Waals surface area contributed by atoms with Crippen LogP contribution in [0.4, 0.5) is 0 Å². The Morgan fingerprint density at radius 3 is 2.32 bits per heavy atom. The molecule has 1 unspecified atom stereocenters. The first-order valence-corrected chi connectivity index (χ1v) is 10.4. The molecule has 9 nitrogen and oxygen atoms in total. The zero-order chi connectivity index (χ0) is 23.0. The van der Waals surface area contributed by atoms with E-state index in [4.69, 9.17) is 15.2 Å². The molecule has 0 spiro atoms. The van der Waals surface area contributed by atoms with Crippen LogP contribution in [0.15, 0.2) is 45.5 Å². The molecule has 1 aromatic carbocycles. The molecule has 0 aliphatic rings. The van der Waals surface area contributed by atoms with Crippen molar-refractivity contribution in [2.45, 2.75) is 18.9 Å². The Hall–Kier alpha value is -2.79. The van der Waals surface area contributed by atoms with Gasteiger partial charge in [-0.2, -0.15) is 0 Å². The van der Waals surface area contributed by atoms with Gasteiger partial charge in [-0.05, 0) is 45.8 Å². The quantitative estimate of drug-likeness (QED) is 0.281. The molecule has 0 radical (unpaired) electrons. The number of benzene rings is 1. The summed E-state index contributed by atoms with van der Waals surface area (Å²) < 4.78 is 15.8. The number of halogens is 2. The second-order valence-electron chi connectivity index (χ2n) is 6.21. The number of aromatic nitrogens is 1. The Morgan fingerprint density at radius 2 is 1.74 bits per heavy atom. The third-order valence-corrected chi connectivity index (χ3v) is 4.74. The highest BCUT2D eigenvalue weighted by Crippen LogP contribution is 2.17. The van der Waals surface area contributed by atoms with Gasteiger partial charge in [-0.25, -0.2) is 14.6 Å². The molecule has 0 bridgehead atoms. The minimum absolute atomic E-state index is 0.00748. The van der Waals surface area contributed by atoms with Crippen LogP contribution in [-0.4, -0.2) is 48.6 Å². The van der Waals surface area contributed by atoms with E-state index >= 15 is 0 Å². The predicted octanol–water partition coefficient (Wildman–Crippen LogP) is 2.12. The standard InChI is InChI=1S/C20H18Br2N2O7/c1-29-20(28)12-4-2-11(3-5-12)6-15(19(23)27)31-18(26)10-30-17(25)9-14-7-13(21)8-16(22)24-14/h2-5,7-8,15H,6,9-10H2,1H3,(H2,23,27). The average Bonchev–Trinajstić information content (AvgIpc) is 2.71. The molecule has 0 saturated heterocycles. The van der Waals surface area contributed by atoms with E-state index in [2.05, 4.69) is 41.6 Å². The largest absolute Gasteiger partial charge is 0.465 e. The first-order valence-electron chi connectivity index (χ1n) is 8.81. The number of carbonyl (C=O) groups is 4. The maximum atomic E-state index is 12.0. The highest BCUT2D eigenvalue weighted by molar-refractivity contribution is 9.11. The topological polar surface area (TPSA) is 135 Å². The lowest BCUT2D eigenvalue weighted by molar-refractivity contribution is -0.164. The first-order chi connectivity index (χ1) is 14.7. The molecule has 0 fully saturated rings. The fraction of sp³-hybridized carbons (Fsp3) is 0.250. The van der Waals surface area contributed by atoms with Crippen molar-refractivity contribution in [1.82, 2.24) is 4.98 Å². The number of methoxy groups -OCH3 is 1. The van der Waals surface area contributed by atoms with Gasteiger partial charge in [0, 0.05) is 10.9 Å². The summed E-state index contributed by atoms with van der Waals surface area (Å²) in [5, 5.41) is 0. The Kier molecular flexibility index (Phi) is 9.13. The number of amides is 1. The van der Waals surface area contributed by atoms with Crippen molar-refractivity contribution >= 4 is 55.7 Å². The number of ether oxygens (including phenoxy) is 3. The summed E-state index contributed by atoms with van der Waals surface area (Å²) in [6.07, 6.45) is -1.43. The van der Waals surface area contributed by atoms with Crippen molar-refractivity contribution in [1.29, 1.82) is 0 Å². The van der Waals surface area contributed by atoms with Gasteiger partial charge in [-0.15, -0.1) is 0 Å². The number of pyridine rings is 1. The number of hydrogen-bond donors (Lipinski definition) is 1. The Bertz CT molecular complexity index is 960. The first kappa shape index (κ1) is 24.5. The molecule has 2 N–H and O–H groups in total. The zero-order valence-electron chi connectivity index (χ0n) is 16.3. The normalized spacial score (nSPS) is 11.3. The minimum atomic E-state index is -1.27. The molecule has 0 saturated carbocycles. The van der Waals surface area contributed by atoms with Crippen molar-refractivity contribution in [2.24, 2.45) is 5.73 Å². The number of rotatable bonds is 9. The summed E-state index contributed by atoms with van der Waals surface area (Å²) in [6, 6.07) is 9.53.